The predicted molar refractivity (Wildman–Crippen MR) is 35.8 cm³/mol. The highest BCUT2D eigenvalue weighted by Gasteiger charge is 2.73. The van der Waals surface area contributed by atoms with E-state index in [4.69, 9.17) is 0 Å². The van der Waals surface area contributed by atoms with E-state index in [0.29, 0.717) is 0 Å². The maximum Gasteiger partial charge on any atom is 0.458 e. The number of halogens is 10. The van der Waals surface area contributed by atoms with Gasteiger partial charge >= 0.3 is 12.1 Å². The Kier molecular flexibility index (Phi) is 3.91. The Morgan fingerprint density at radius 3 is 1.40 bits per heavy atom. The number of allylic oxidation sites excluding steroid dienone is 1. The van der Waals surface area contributed by atoms with Crippen LogP contribution in [0.15, 0.2) is 11.1 Å². The molecule has 0 spiro atoms. The summed E-state index contributed by atoms with van der Waals surface area (Å²) in [7, 11) is 0. The molecule has 0 fully saturated rings. The molecule has 0 nitrogen and oxygen atoms in total. The number of hydrogen-bond donors (Lipinski definition) is 0. The molecule has 0 bridgehead atoms. The molecule has 0 aliphatic carbocycles. The van der Waals surface area contributed by atoms with Crippen molar-refractivity contribution in [2.75, 3.05) is 0 Å². The minimum absolute atomic E-state index is 2.70. The standard InChI is InChI=1S/C5Cl2F8/c6-1(2(8)9)3(7,10)4(11,12)5(13,14)15. The van der Waals surface area contributed by atoms with Crippen LogP contribution in [0.5, 0.6) is 0 Å². The van der Waals surface area contributed by atoms with Crippen molar-refractivity contribution < 1.29 is 35.1 Å². The van der Waals surface area contributed by atoms with Gasteiger partial charge in [0.05, 0.1) is 0 Å². The monoisotopic (exact) mass is 282 g/mol. The Hall–Kier alpha value is -0.240. The first-order valence-electron chi connectivity index (χ1n) is 2.89. The molecule has 0 aliphatic rings. The van der Waals surface area contributed by atoms with Gasteiger partial charge in [-0.3, -0.25) is 0 Å². The van der Waals surface area contributed by atoms with E-state index in [-0.39, 0.29) is 0 Å². The third kappa shape index (κ3) is 2.47. The molecule has 0 aromatic heterocycles. The second kappa shape index (κ2) is 3.97. The van der Waals surface area contributed by atoms with Crippen LogP contribution in [0.1, 0.15) is 0 Å². The molecular weight excluding hydrogens is 283 g/mol. The average Bonchev–Trinajstić information content (AvgIpc) is 2.00. The van der Waals surface area contributed by atoms with Gasteiger partial charge in [0.15, 0.2) is 0 Å². The predicted octanol–water partition coefficient (Wildman–Crippen LogP) is 4.44. The molecule has 15 heavy (non-hydrogen) atoms. The lowest BCUT2D eigenvalue weighted by Crippen LogP contribution is -2.51. The summed E-state index contributed by atoms with van der Waals surface area (Å²) in [6.07, 6.45) is -9.71. The van der Waals surface area contributed by atoms with Crippen LogP contribution in [-0.2, 0) is 0 Å². The maximum absolute atomic E-state index is 12.6. The summed E-state index contributed by atoms with van der Waals surface area (Å²) in [6, 6.07) is 0. The van der Waals surface area contributed by atoms with E-state index in [1.54, 1.807) is 0 Å². The van der Waals surface area contributed by atoms with Crippen molar-refractivity contribution in [1.29, 1.82) is 0 Å². The molecule has 0 amide bonds. The van der Waals surface area contributed by atoms with E-state index >= 15 is 0 Å². The highest BCUT2D eigenvalue weighted by atomic mass is 35.5. The Labute approximate surface area is 87.4 Å². The summed E-state index contributed by atoms with van der Waals surface area (Å²) >= 11 is 8.29. The van der Waals surface area contributed by atoms with Crippen molar-refractivity contribution >= 4 is 23.2 Å². The highest BCUT2D eigenvalue weighted by molar-refractivity contribution is 6.39. The van der Waals surface area contributed by atoms with Crippen LogP contribution in [0, 0.1) is 0 Å². The van der Waals surface area contributed by atoms with Crippen molar-refractivity contribution in [2.45, 2.75) is 17.2 Å². The molecule has 0 rings (SSSR count). The third-order valence-corrected chi connectivity index (χ3v) is 2.12. The van der Waals surface area contributed by atoms with Gasteiger partial charge in [-0.1, -0.05) is 23.2 Å². The summed E-state index contributed by atoms with van der Waals surface area (Å²) < 4.78 is 94.9. The Bertz CT molecular complexity index is 273. The van der Waals surface area contributed by atoms with E-state index in [1.165, 1.54) is 0 Å². The molecule has 1 atom stereocenters. The molecule has 0 aliphatic heterocycles. The lowest BCUT2D eigenvalue weighted by atomic mass is 10.2. The lowest BCUT2D eigenvalue weighted by Gasteiger charge is -2.28. The van der Waals surface area contributed by atoms with Gasteiger partial charge in [-0.05, 0) is 0 Å². The Morgan fingerprint density at radius 1 is 0.867 bits per heavy atom. The summed E-state index contributed by atoms with van der Waals surface area (Å²) in [4.78, 5) is 0. The van der Waals surface area contributed by atoms with Crippen LogP contribution in [0.3, 0.4) is 0 Å². The topological polar surface area (TPSA) is 0 Å². The van der Waals surface area contributed by atoms with E-state index < -0.39 is 28.3 Å². The maximum atomic E-state index is 12.6. The van der Waals surface area contributed by atoms with Gasteiger partial charge in [-0.15, -0.1) is 0 Å². The molecular formula is C5Cl2F8. The van der Waals surface area contributed by atoms with Crippen LogP contribution >= 0.6 is 23.2 Å². The van der Waals surface area contributed by atoms with Crippen LogP contribution in [0.4, 0.5) is 35.1 Å². The first-order chi connectivity index (χ1) is 6.35. The molecule has 0 saturated heterocycles. The summed E-state index contributed by atoms with van der Waals surface area (Å²) in [5, 5.41) is -7.93. The fourth-order valence-corrected chi connectivity index (χ4v) is 0.732. The molecule has 0 aromatic carbocycles. The minimum atomic E-state index is -6.45. The highest BCUT2D eigenvalue weighted by Crippen LogP contribution is 2.52. The van der Waals surface area contributed by atoms with Crippen molar-refractivity contribution in [3.63, 3.8) is 0 Å². The molecule has 10 heteroatoms. The Balaban J connectivity index is 5.49. The normalized spacial score (nSPS) is 17.2. The van der Waals surface area contributed by atoms with Crippen LogP contribution in [0.2, 0.25) is 0 Å². The lowest BCUT2D eigenvalue weighted by molar-refractivity contribution is -0.305. The molecule has 0 N–H and O–H groups in total. The van der Waals surface area contributed by atoms with Gasteiger partial charge in [-0.25, -0.2) is 4.39 Å². The van der Waals surface area contributed by atoms with Crippen LogP contribution in [0.25, 0.3) is 0 Å². The fraction of sp³-hybridized carbons (Fsp3) is 0.600. The van der Waals surface area contributed by atoms with Gasteiger partial charge in [0.25, 0.3) is 11.2 Å². The summed E-state index contributed by atoms with van der Waals surface area (Å²) in [6.45, 7) is 0. The molecule has 0 radical (unpaired) electrons. The summed E-state index contributed by atoms with van der Waals surface area (Å²) in [5.74, 6) is -6.23. The molecule has 0 heterocycles. The second-order valence-electron chi connectivity index (χ2n) is 2.22. The molecule has 90 valence electrons. The molecule has 0 saturated carbocycles. The second-order valence-corrected chi connectivity index (χ2v) is 3.12. The van der Waals surface area contributed by atoms with Gasteiger partial charge in [0, 0.05) is 0 Å². The van der Waals surface area contributed by atoms with E-state index in [9.17, 15) is 35.1 Å². The van der Waals surface area contributed by atoms with Crippen molar-refractivity contribution in [1.82, 2.24) is 0 Å². The van der Waals surface area contributed by atoms with Gasteiger partial charge in [0.2, 0.25) is 0 Å². The first-order valence-corrected chi connectivity index (χ1v) is 3.65. The zero-order valence-corrected chi connectivity index (χ0v) is 7.79. The van der Waals surface area contributed by atoms with Gasteiger partial charge in [0.1, 0.15) is 5.03 Å². The first kappa shape index (κ1) is 14.8. The fourth-order valence-electron chi connectivity index (χ4n) is 0.435. The molecule has 1 unspecified atom stereocenters. The van der Waals surface area contributed by atoms with Gasteiger partial charge < -0.3 is 0 Å². The minimum Gasteiger partial charge on any atom is -0.212 e. The van der Waals surface area contributed by atoms with E-state index in [1.807, 2.05) is 0 Å². The van der Waals surface area contributed by atoms with Crippen molar-refractivity contribution in [3.8, 4) is 0 Å². The molecule has 0 aromatic rings. The largest absolute Gasteiger partial charge is 0.458 e. The zero-order chi connectivity index (χ0) is 12.7. The van der Waals surface area contributed by atoms with E-state index in [0.717, 1.165) is 0 Å². The van der Waals surface area contributed by atoms with Crippen molar-refractivity contribution in [3.05, 3.63) is 11.1 Å². The third-order valence-electron chi connectivity index (χ3n) is 1.19. The van der Waals surface area contributed by atoms with Gasteiger partial charge in [-0.2, -0.15) is 30.7 Å². The Morgan fingerprint density at radius 2 is 1.20 bits per heavy atom. The zero-order valence-electron chi connectivity index (χ0n) is 6.28. The van der Waals surface area contributed by atoms with Crippen molar-refractivity contribution in [2.24, 2.45) is 0 Å². The van der Waals surface area contributed by atoms with Crippen LogP contribution < -0.4 is 0 Å². The number of rotatable bonds is 2. The number of alkyl halides is 7. The summed E-state index contributed by atoms with van der Waals surface area (Å²) in [5.41, 5.74) is 0. The average molecular weight is 283 g/mol. The van der Waals surface area contributed by atoms with E-state index in [2.05, 4.69) is 23.2 Å². The van der Waals surface area contributed by atoms with Crippen LogP contribution in [-0.4, -0.2) is 17.2 Å². The quantitative estimate of drug-likeness (QED) is 0.519. The smallest absolute Gasteiger partial charge is 0.212 e. The number of hydrogen-bond acceptors (Lipinski definition) is 0. The SMILES string of the molecule is FC(F)=C(Cl)C(F)(Cl)C(F)(F)C(F)(F)F.